The van der Waals surface area contributed by atoms with Crippen LogP contribution in [0.4, 0.5) is 0 Å². The summed E-state index contributed by atoms with van der Waals surface area (Å²) in [6.07, 6.45) is 13.5. The Morgan fingerprint density at radius 1 is 0.362 bits per heavy atom. The molecule has 6 atom stereocenters. The van der Waals surface area contributed by atoms with E-state index in [2.05, 4.69) is 141 Å². The van der Waals surface area contributed by atoms with Gasteiger partial charge in [-0.3, -0.25) is 9.59 Å². The number of aromatic carboxylic acids is 1. The highest BCUT2D eigenvalue weighted by atomic mass is 79.9. The molecule has 26 heteroatoms. The van der Waals surface area contributed by atoms with Crippen LogP contribution >= 0.6 is 31.9 Å². The van der Waals surface area contributed by atoms with Gasteiger partial charge in [0, 0.05) is 109 Å². The molecule has 2 amide bonds. The van der Waals surface area contributed by atoms with E-state index < -0.39 is 27.1 Å². The molecule has 116 heavy (non-hydrogen) atoms. The molecule has 6 aromatic carbocycles. The van der Waals surface area contributed by atoms with Crippen LogP contribution in [0.15, 0.2) is 155 Å². The van der Waals surface area contributed by atoms with E-state index in [4.69, 9.17) is 9.84 Å². The van der Waals surface area contributed by atoms with Crippen molar-refractivity contribution >= 4 is 83.8 Å². The third kappa shape index (κ3) is 32.8. The van der Waals surface area contributed by atoms with Crippen molar-refractivity contribution in [1.29, 1.82) is 0 Å². The number of carbonyl (C=O) groups excluding carboxylic acids is 3. The number of rotatable bonds is 14. The lowest BCUT2D eigenvalue weighted by molar-refractivity contribution is 0.0598. The second-order valence-corrected chi connectivity index (χ2v) is 30.8. The van der Waals surface area contributed by atoms with Gasteiger partial charge in [0.25, 0.3) is 11.8 Å². The monoisotopic (exact) mass is 1740 g/mol. The first kappa shape index (κ1) is 114. The van der Waals surface area contributed by atoms with Crippen LogP contribution in [0.3, 0.4) is 0 Å². The standard InChI is InChI=1S/C17H26BN3O2.C16H23N3O.C13H18BNO3.C12H16BNO3.C11H15BBrNO.C10H12BrN.11CH4/c1-18(23)21-8-4-7-16(21)14-5-3-6-15(13-14)17(22)20-11-9-19(2)10-12-20;1-18-8-10-19(11-9-18)16(20)14-5-2-4-13(12-14)15-6-3-7-17-15;1-14(17)15-8-4-7-12(15)10-5-3-6-11(9-10)13(16)18-2;1-13(17)14-7-3-6-11(14)9-4-2-5-10(8-9)12(15)16;1-12(15)14-7-3-6-11(14)9-4-2-5-10(13)8-9;11-9-4-1-3-8(7-9)10-5-2-6-12-10;;;;;;;;;;;/h3,5-6,13,16,23H,4,7-12H2,1-2H3;2,4-5,12,15,17H,3,6-11H2,1H3;3,5-6,9,12,17H,4,7-8H2,1-2H3;2,4-5,8,11,17H,3,6-7H2,1H3,(H,15,16);2,4-5,8,11,15H,3,6-7H2,1H3;1,3-4,7,10,12H,2,5-6H2;11*1H4. The first-order valence-corrected chi connectivity index (χ1v) is 39.6. The fourth-order valence-corrected chi connectivity index (χ4v) is 16.6. The number of piperazine rings is 2. The fourth-order valence-electron chi connectivity index (χ4n) is 15.8. The van der Waals surface area contributed by atoms with Crippen LogP contribution in [0.5, 0.6) is 0 Å². The average molecular weight is 1740 g/mol. The molecule has 0 saturated carbocycles. The van der Waals surface area contributed by atoms with Crippen LogP contribution in [-0.4, -0.2) is 229 Å². The Balaban J connectivity index is -0.00000131. The van der Waals surface area contributed by atoms with Crippen molar-refractivity contribution < 1.29 is 49.1 Å². The minimum atomic E-state index is -0.909. The van der Waals surface area contributed by atoms with E-state index in [1.807, 2.05) is 88.9 Å². The van der Waals surface area contributed by atoms with E-state index in [1.54, 1.807) is 37.9 Å². The van der Waals surface area contributed by atoms with Crippen LogP contribution < -0.4 is 10.6 Å². The summed E-state index contributed by atoms with van der Waals surface area (Å²) in [6.45, 7) is 20.2. The number of carboxylic acid groups (broad SMARTS) is 1. The third-order valence-electron chi connectivity index (χ3n) is 21.5. The van der Waals surface area contributed by atoms with E-state index >= 15 is 0 Å². The molecule has 8 aliphatic rings. The number of nitrogens with one attached hydrogen (secondary N) is 2. The van der Waals surface area contributed by atoms with Crippen molar-refractivity contribution in [2.24, 2.45) is 0 Å². The van der Waals surface area contributed by atoms with Gasteiger partial charge in [-0.1, -0.05) is 186 Å². The highest BCUT2D eigenvalue weighted by Crippen LogP contribution is 2.37. The first-order valence-electron chi connectivity index (χ1n) is 38.0. The Labute approximate surface area is 723 Å². The number of halogens is 2. The zero-order valence-electron chi connectivity index (χ0n) is 62.6. The molecule has 0 aliphatic carbocycles. The molecular weight excluding hydrogens is 1580 g/mol. The van der Waals surface area contributed by atoms with Gasteiger partial charge < -0.3 is 79.4 Å². The summed E-state index contributed by atoms with van der Waals surface area (Å²) in [7, 11) is 3.83. The van der Waals surface area contributed by atoms with Crippen LogP contribution in [0.1, 0.15) is 270 Å². The van der Waals surface area contributed by atoms with Crippen molar-refractivity contribution in [3.8, 4) is 0 Å². The fraction of sp³-hybridized carbons (Fsp3) is 0.556. The number of benzene rings is 6. The molecule has 6 aromatic rings. The third-order valence-corrected chi connectivity index (χ3v) is 22.5. The number of amides is 2. The van der Waals surface area contributed by atoms with Crippen molar-refractivity contribution in [3.63, 3.8) is 0 Å². The Bertz CT molecular complexity index is 3730. The quantitative estimate of drug-likeness (QED) is 0.0397. The van der Waals surface area contributed by atoms with Gasteiger partial charge >= 0.3 is 40.1 Å². The summed E-state index contributed by atoms with van der Waals surface area (Å²) < 4.78 is 7.01. The highest BCUT2D eigenvalue weighted by Gasteiger charge is 2.36. The first-order chi connectivity index (χ1) is 50.6. The van der Waals surface area contributed by atoms with Crippen molar-refractivity contribution in [2.75, 3.05) is 113 Å². The number of ether oxygens (including phenoxy) is 1. The molecule has 8 saturated heterocycles. The topological polar surface area (TPSA) is 229 Å². The maximum Gasteiger partial charge on any atom is 0.376 e. The maximum atomic E-state index is 12.7. The zero-order valence-corrected chi connectivity index (χ0v) is 65.8. The Morgan fingerprint density at radius 3 is 0.931 bits per heavy atom. The number of hydrogen-bond donors (Lipinski definition) is 7. The van der Waals surface area contributed by atoms with Crippen molar-refractivity contribution in [3.05, 3.63) is 210 Å². The maximum absolute atomic E-state index is 12.7. The molecule has 0 aromatic heterocycles. The SMILES string of the molecule is Brc1cccc(C2CCCN2)c1.C.C.C.C.C.C.C.C.C.C.C.CB(O)N1CCCC1c1cccc(Br)c1.CB(O)N1CCCC1c1cccc(C(=O)N2CCN(C)CC2)c1.CB(O)N1CCCC1c1cccc(C(=O)O)c1.CN1CCN(C(=O)c2cccc(C3CCCN3)c2)CC1.COC(=O)c1cccc(C2CCCN2B(C)O)c1. The molecule has 6 unspecified atom stereocenters. The molecule has 0 spiro atoms. The van der Waals surface area contributed by atoms with E-state index in [1.165, 1.54) is 60.4 Å². The zero-order chi connectivity index (χ0) is 75.1. The predicted molar refractivity (Wildman–Crippen MR) is 503 cm³/mol. The summed E-state index contributed by atoms with van der Waals surface area (Å²) in [4.78, 5) is 64.5. The number of nitrogens with zero attached hydrogens (tertiary/aromatic N) is 8. The van der Waals surface area contributed by atoms with Gasteiger partial charge in [0.05, 0.1) is 18.2 Å². The summed E-state index contributed by atoms with van der Waals surface area (Å²) in [5.41, 5.74) is 9.60. The minimum absolute atomic E-state index is 0. The highest BCUT2D eigenvalue weighted by molar-refractivity contribution is 9.10. The molecule has 20 nitrogen and oxygen atoms in total. The largest absolute Gasteiger partial charge is 0.478 e. The Hall–Kier alpha value is -6.06. The number of hydrogen-bond acceptors (Lipinski definition) is 17. The van der Waals surface area contributed by atoms with E-state index in [9.17, 15) is 39.3 Å². The molecule has 14 rings (SSSR count). The second kappa shape index (κ2) is 57.2. The van der Waals surface area contributed by atoms with E-state index in [0.29, 0.717) is 29.3 Å². The summed E-state index contributed by atoms with van der Waals surface area (Å²) in [5, 5.41) is 55.0. The minimum Gasteiger partial charge on any atom is -0.478 e. The molecular formula is C90H154B4Br2N10O10. The predicted octanol–water partition coefficient (Wildman–Crippen LogP) is 18.7. The summed E-state index contributed by atoms with van der Waals surface area (Å²) in [5.74, 6) is -0.925. The lowest BCUT2D eigenvalue weighted by Crippen LogP contribution is -2.47. The van der Waals surface area contributed by atoms with Crippen molar-refractivity contribution in [1.82, 2.24) is 49.5 Å². The van der Waals surface area contributed by atoms with Gasteiger partial charge in [-0.05, 0) is 264 Å². The number of methoxy groups -OCH3 is 1. The van der Waals surface area contributed by atoms with Crippen LogP contribution in [0.2, 0.25) is 27.3 Å². The molecule has 0 radical (unpaired) electrons. The lowest BCUT2D eigenvalue weighted by Gasteiger charge is -2.32. The molecule has 8 fully saturated rings. The Kier molecular flexibility index (Phi) is 56.3. The van der Waals surface area contributed by atoms with Crippen LogP contribution in [0.25, 0.3) is 0 Å². The second-order valence-electron chi connectivity index (χ2n) is 29.0. The lowest BCUT2D eigenvalue weighted by atomic mass is 9.83. The normalized spacial score (nSPS) is 20.0. The molecule has 650 valence electrons. The van der Waals surface area contributed by atoms with E-state index in [-0.39, 0.29) is 125 Å². The summed E-state index contributed by atoms with van der Waals surface area (Å²) >= 11 is 6.97. The number of carboxylic acids is 1. The van der Waals surface area contributed by atoms with Gasteiger partial charge in [0.2, 0.25) is 0 Å². The smallest absolute Gasteiger partial charge is 0.376 e. The molecule has 0 bridgehead atoms. The number of carbonyl (C=O) groups is 4. The Morgan fingerprint density at radius 2 is 0.629 bits per heavy atom. The molecule has 7 N–H and O–H groups in total. The van der Waals surface area contributed by atoms with Crippen molar-refractivity contribution in [2.45, 2.75) is 222 Å². The number of likely N-dealkylation sites (N-methyl/N-ethyl adjacent to an activating group) is 2. The number of esters is 1. The van der Waals surface area contributed by atoms with Gasteiger partial charge in [0.1, 0.15) is 0 Å². The van der Waals surface area contributed by atoms with Gasteiger partial charge in [0.15, 0.2) is 0 Å². The average Bonchev–Trinajstić information content (AvgIpc) is 1.59. The molecule has 8 aliphatic heterocycles. The van der Waals surface area contributed by atoms with Gasteiger partial charge in [-0.2, -0.15) is 0 Å². The van der Waals surface area contributed by atoms with Gasteiger partial charge in [-0.15, -0.1) is 0 Å². The van der Waals surface area contributed by atoms with Crippen LogP contribution in [-0.2, 0) is 4.74 Å². The van der Waals surface area contributed by atoms with Gasteiger partial charge in [-0.25, -0.2) is 9.59 Å². The summed E-state index contributed by atoms with van der Waals surface area (Å²) in [6, 6.07) is 49.4. The molecule has 8 heterocycles. The van der Waals surface area contributed by atoms with E-state index in [0.717, 1.165) is 169 Å². The van der Waals surface area contributed by atoms with Crippen LogP contribution in [0, 0.1) is 0 Å².